The number of likely N-dealkylation sites (tertiary alicyclic amines) is 1. The summed E-state index contributed by atoms with van der Waals surface area (Å²) in [6, 6.07) is 12.2. The Labute approximate surface area is 132 Å². The molecule has 0 N–H and O–H groups in total. The van der Waals surface area contributed by atoms with Crippen LogP contribution in [0.15, 0.2) is 30.3 Å². The molecule has 112 valence electrons. The average molecular weight is 299 g/mol. The van der Waals surface area contributed by atoms with Gasteiger partial charge < -0.3 is 4.90 Å². The fourth-order valence-electron chi connectivity index (χ4n) is 4.21. The fourth-order valence-corrected chi connectivity index (χ4v) is 5.45. The van der Waals surface area contributed by atoms with Crippen molar-refractivity contribution in [1.82, 2.24) is 4.90 Å². The van der Waals surface area contributed by atoms with Crippen LogP contribution in [0.5, 0.6) is 0 Å². The molecule has 4 rings (SSSR count). The second kappa shape index (κ2) is 6.10. The van der Waals surface area contributed by atoms with Crippen LogP contribution < -0.4 is 0 Å². The van der Waals surface area contributed by atoms with Crippen LogP contribution in [-0.4, -0.2) is 24.0 Å². The molecule has 1 nitrogen and oxygen atoms in total. The highest BCUT2D eigenvalue weighted by Gasteiger charge is 2.28. The maximum Gasteiger partial charge on any atom is 0.0345 e. The van der Waals surface area contributed by atoms with Gasteiger partial charge in [0, 0.05) is 15.6 Å². The first-order chi connectivity index (χ1) is 10.4. The Kier molecular flexibility index (Phi) is 4.00. The molecule has 21 heavy (non-hydrogen) atoms. The second-order valence-corrected chi connectivity index (χ2v) is 7.90. The van der Waals surface area contributed by atoms with Gasteiger partial charge in [0.05, 0.1) is 0 Å². The van der Waals surface area contributed by atoms with Crippen molar-refractivity contribution in [1.29, 1.82) is 0 Å². The van der Waals surface area contributed by atoms with Crippen molar-refractivity contribution < 1.29 is 0 Å². The van der Waals surface area contributed by atoms with E-state index in [1.807, 2.05) is 11.3 Å². The first kappa shape index (κ1) is 13.8. The summed E-state index contributed by atoms with van der Waals surface area (Å²) in [5.41, 5.74) is 0. The van der Waals surface area contributed by atoms with Crippen molar-refractivity contribution in [2.24, 2.45) is 0 Å². The summed E-state index contributed by atoms with van der Waals surface area (Å²) in [7, 11) is 0. The summed E-state index contributed by atoms with van der Waals surface area (Å²) < 4.78 is 1.46. The highest BCUT2D eigenvalue weighted by atomic mass is 32.1. The zero-order valence-electron chi connectivity index (χ0n) is 12.8. The van der Waals surface area contributed by atoms with Crippen LogP contribution in [0.25, 0.3) is 10.1 Å². The van der Waals surface area contributed by atoms with E-state index < -0.39 is 0 Å². The van der Waals surface area contributed by atoms with E-state index in [-0.39, 0.29) is 0 Å². The number of fused-ring (bicyclic) bond motifs is 1. The predicted octanol–water partition coefficient (Wildman–Crippen LogP) is 5.41. The molecule has 1 saturated heterocycles. The molecule has 1 aliphatic heterocycles. The molecule has 0 bridgehead atoms. The van der Waals surface area contributed by atoms with Gasteiger partial charge in [-0.1, -0.05) is 24.6 Å². The third kappa shape index (κ3) is 2.89. The Morgan fingerprint density at radius 1 is 0.905 bits per heavy atom. The molecule has 1 aromatic heterocycles. The third-order valence-electron chi connectivity index (χ3n) is 5.45. The van der Waals surface area contributed by atoms with Crippen LogP contribution >= 0.6 is 11.3 Å². The lowest BCUT2D eigenvalue weighted by molar-refractivity contribution is 0.125. The Bertz CT molecular complexity index is 555. The predicted molar refractivity (Wildman–Crippen MR) is 92.2 cm³/mol. The largest absolute Gasteiger partial charge is 0.300 e. The first-order valence-electron chi connectivity index (χ1n) is 8.63. The van der Waals surface area contributed by atoms with Gasteiger partial charge in [0.1, 0.15) is 0 Å². The van der Waals surface area contributed by atoms with Gasteiger partial charge in [-0.2, -0.15) is 0 Å². The number of benzene rings is 1. The molecular weight excluding hydrogens is 274 g/mol. The summed E-state index contributed by atoms with van der Waals surface area (Å²) >= 11 is 2.03. The molecule has 0 radical (unpaired) electrons. The van der Waals surface area contributed by atoms with Gasteiger partial charge in [0.2, 0.25) is 0 Å². The SMILES string of the molecule is c1ccc2sc(C3CCC(N4CCCCC4)CC3)cc2c1. The van der Waals surface area contributed by atoms with E-state index in [9.17, 15) is 0 Å². The summed E-state index contributed by atoms with van der Waals surface area (Å²) in [6.07, 6.45) is 9.93. The molecule has 2 aliphatic rings. The summed E-state index contributed by atoms with van der Waals surface area (Å²) in [5, 5.41) is 1.44. The lowest BCUT2D eigenvalue weighted by atomic mass is 9.84. The molecule has 1 aromatic carbocycles. The molecule has 0 spiro atoms. The zero-order valence-corrected chi connectivity index (χ0v) is 13.6. The quantitative estimate of drug-likeness (QED) is 0.716. The normalized spacial score (nSPS) is 28.0. The topological polar surface area (TPSA) is 3.24 Å². The maximum atomic E-state index is 2.78. The highest BCUT2D eigenvalue weighted by molar-refractivity contribution is 7.19. The zero-order chi connectivity index (χ0) is 14.1. The van der Waals surface area contributed by atoms with Gasteiger partial charge in [-0.05, 0) is 75.1 Å². The monoisotopic (exact) mass is 299 g/mol. The minimum atomic E-state index is 0.823. The maximum absolute atomic E-state index is 2.78. The minimum Gasteiger partial charge on any atom is -0.300 e. The van der Waals surface area contributed by atoms with Crippen molar-refractivity contribution in [3.05, 3.63) is 35.2 Å². The molecule has 1 saturated carbocycles. The minimum absolute atomic E-state index is 0.823. The fraction of sp³-hybridized carbons (Fsp3) is 0.579. The smallest absolute Gasteiger partial charge is 0.0345 e. The van der Waals surface area contributed by atoms with Gasteiger partial charge >= 0.3 is 0 Å². The Morgan fingerprint density at radius 2 is 1.67 bits per heavy atom. The lowest BCUT2D eigenvalue weighted by Crippen LogP contribution is -2.41. The van der Waals surface area contributed by atoms with Crippen molar-refractivity contribution in [2.45, 2.75) is 56.9 Å². The molecule has 2 fully saturated rings. The number of rotatable bonds is 2. The van der Waals surface area contributed by atoms with Crippen molar-refractivity contribution in [2.75, 3.05) is 13.1 Å². The van der Waals surface area contributed by atoms with Crippen molar-refractivity contribution in [3.63, 3.8) is 0 Å². The van der Waals surface area contributed by atoms with Gasteiger partial charge in [-0.3, -0.25) is 0 Å². The molecule has 2 heterocycles. The van der Waals surface area contributed by atoms with E-state index in [1.165, 1.54) is 68.1 Å². The van der Waals surface area contributed by atoms with E-state index in [2.05, 4.69) is 35.2 Å². The van der Waals surface area contributed by atoms with Gasteiger partial charge in [0.15, 0.2) is 0 Å². The van der Waals surface area contributed by atoms with Crippen LogP contribution in [0.4, 0.5) is 0 Å². The highest BCUT2D eigenvalue weighted by Crippen LogP contribution is 2.40. The number of hydrogen-bond acceptors (Lipinski definition) is 2. The molecule has 0 atom stereocenters. The van der Waals surface area contributed by atoms with Crippen LogP contribution in [0.2, 0.25) is 0 Å². The molecule has 0 amide bonds. The molecule has 0 unspecified atom stereocenters. The Hall–Kier alpha value is -0.860. The van der Waals surface area contributed by atoms with Crippen LogP contribution in [0.1, 0.15) is 55.7 Å². The number of piperidine rings is 1. The average Bonchev–Trinajstić information content (AvgIpc) is 3.00. The van der Waals surface area contributed by atoms with E-state index in [4.69, 9.17) is 0 Å². The van der Waals surface area contributed by atoms with Crippen LogP contribution in [-0.2, 0) is 0 Å². The molecule has 2 heteroatoms. The van der Waals surface area contributed by atoms with E-state index >= 15 is 0 Å². The van der Waals surface area contributed by atoms with Crippen molar-refractivity contribution in [3.8, 4) is 0 Å². The number of nitrogens with zero attached hydrogens (tertiary/aromatic N) is 1. The van der Waals surface area contributed by atoms with E-state index in [0.29, 0.717) is 0 Å². The molecule has 2 aromatic rings. The Morgan fingerprint density at radius 3 is 2.43 bits per heavy atom. The van der Waals surface area contributed by atoms with Crippen LogP contribution in [0.3, 0.4) is 0 Å². The first-order valence-corrected chi connectivity index (χ1v) is 9.44. The van der Waals surface area contributed by atoms with Gasteiger partial charge in [-0.15, -0.1) is 11.3 Å². The number of thiophene rings is 1. The molecular formula is C19H25NS. The summed E-state index contributed by atoms with van der Waals surface area (Å²) in [5.74, 6) is 0.823. The van der Waals surface area contributed by atoms with Gasteiger partial charge in [0.25, 0.3) is 0 Å². The molecule has 1 aliphatic carbocycles. The van der Waals surface area contributed by atoms with Gasteiger partial charge in [-0.25, -0.2) is 0 Å². The second-order valence-electron chi connectivity index (χ2n) is 6.79. The third-order valence-corrected chi connectivity index (χ3v) is 6.73. The number of hydrogen-bond donors (Lipinski definition) is 0. The Balaban J connectivity index is 1.42. The summed E-state index contributed by atoms with van der Waals surface area (Å²) in [6.45, 7) is 2.72. The van der Waals surface area contributed by atoms with E-state index in [0.717, 1.165) is 12.0 Å². The van der Waals surface area contributed by atoms with E-state index in [1.54, 1.807) is 4.88 Å². The standard InChI is InChI=1S/C19H25NS/c1-4-12-20(13-5-1)17-10-8-15(9-11-17)19-14-16-6-2-3-7-18(16)21-19/h2-3,6-7,14-15,17H,1,4-5,8-13H2. The van der Waals surface area contributed by atoms with Crippen molar-refractivity contribution >= 4 is 21.4 Å². The lowest BCUT2D eigenvalue weighted by Gasteiger charge is -2.38. The van der Waals surface area contributed by atoms with Crippen LogP contribution in [0, 0.1) is 0 Å². The summed E-state index contributed by atoms with van der Waals surface area (Å²) in [4.78, 5) is 4.42.